The maximum atomic E-state index is 13.6. The average molecular weight is 373 g/mol. The number of anilines is 1. The van der Waals surface area contributed by atoms with Gasteiger partial charge in [0.1, 0.15) is 0 Å². The largest absolute Gasteiger partial charge is 0.434 e. The fraction of sp³-hybridized carbons (Fsp3) is 0.167. The number of nitrogens with one attached hydrogen (secondary N) is 1. The van der Waals surface area contributed by atoms with Crippen LogP contribution >= 0.6 is 11.6 Å². The van der Waals surface area contributed by atoms with Gasteiger partial charge in [0.2, 0.25) is 0 Å². The molecule has 0 spiro atoms. The van der Waals surface area contributed by atoms with Crippen molar-refractivity contribution in [3.05, 3.63) is 40.8 Å². The first-order chi connectivity index (χ1) is 11.8. The lowest BCUT2D eigenvalue weighted by Gasteiger charge is -2.15. The Hall–Kier alpha value is -3.02. The summed E-state index contributed by atoms with van der Waals surface area (Å²) in [6.45, 7) is 0. The van der Waals surface area contributed by atoms with Crippen LogP contribution in [-0.4, -0.2) is 48.3 Å². The molecule has 0 unspecified atom stereocenters. The Bertz CT molecular complexity index is 907. The summed E-state index contributed by atoms with van der Waals surface area (Å²) in [5, 5.41) is 16.0. The summed E-state index contributed by atoms with van der Waals surface area (Å²) in [6, 6.07) is 2.82. The number of nitrogens with zero attached hydrogens (tertiary/aromatic N) is 7. The van der Waals surface area contributed by atoms with Crippen molar-refractivity contribution in [1.29, 1.82) is 0 Å². The Kier molecular flexibility index (Phi) is 4.12. The van der Waals surface area contributed by atoms with Crippen LogP contribution < -0.4 is 4.90 Å². The highest BCUT2D eigenvalue weighted by molar-refractivity contribution is 6.32. The molecule has 3 aromatic rings. The van der Waals surface area contributed by atoms with E-state index < -0.39 is 23.3 Å². The number of H-pyrrole nitrogens is 1. The molecule has 0 radical (unpaired) electrons. The molecule has 0 atom stereocenters. The predicted octanol–water partition coefficient (Wildman–Crippen LogP) is 1.73. The number of carbonyl (C=O) groups is 1. The third-order valence-electron chi connectivity index (χ3n) is 3.15. The van der Waals surface area contributed by atoms with Crippen LogP contribution in [0.15, 0.2) is 24.5 Å². The molecule has 0 aliphatic heterocycles. The zero-order chi connectivity index (χ0) is 18.2. The highest BCUT2D eigenvalue weighted by Gasteiger charge is 2.42. The Balaban J connectivity index is 2.13. The molecule has 0 aliphatic carbocycles. The number of hydrogen-bond acceptors (Lipinski definition) is 6. The normalized spacial score (nSPS) is 11.6. The Morgan fingerprint density at radius 2 is 2.16 bits per heavy atom. The van der Waals surface area contributed by atoms with E-state index in [2.05, 4.69) is 30.7 Å². The Morgan fingerprint density at radius 3 is 2.76 bits per heavy atom. The van der Waals surface area contributed by atoms with Crippen molar-refractivity contribution in [2.45, 2.75) is 6.18 Å². The lowest BCUT2D eigenvalue weighted by molar-refractivity contribution is -0.143. The first kappa shape index (κ1) is 16.8. The minimum Gasteiger partial charge on any atom is -0.277 e. The van der Waals surface area contributed by atoms with Gasteiger partial charge in [0.15, 0.2) is 11.5 Å². The number of aromatic amines is 1. The summed E-state index contributed by atoms with van der Waals surface area (Å²) in [5.74, 6) is -1.47. The molecule has 3 aromatic heterocycles. The number of rotatable bonds is 3. The molecule has 25 heavy (non-hydrogen) atoms. The van der Waals surface area contributed by atoms with Crippen LogP contribution in [0.25, 0.3) is 5.82 Å². The third kappa shape index (κ3) is 3.03. The second-order valence-electron chi connectivity index (χ2n) is 4.70. The fourth-order valence-electron chi connectivity index (χ4n) is 2.04. The lowest BCUT2D eigenvalue weighted by atomic mass is 10.2. The first-order valence-electron chi connectivity index (χ1n) is 6.58. The summed E-state index contributed by atoms with van der Waals surface area (Å²) < 4.78 is 41.2. The molecule has 9 nitrogen and oxygen atoms in total. The Morgan fingerprint density at radius 1 is 1.40 bits per heavy atom. The molecule has 0 aliphatic rings. The van der Waals surface area contributed by atoms with E-state index in [-0.39, 0.29) is 16.8 Å². The minimum absolute atomic E-state index is 0.0541. The number of hydrogen-bond donors (Lipinski definition) is 1. The standard InChI is InChI=1S/C12H8ClF3N8O/c1-23(11-19-21-22-20-11)10(25)6-5-18-24(8(6)12(14,15)16)9-7(13)3-2-4-17-9/h2-5H,1H3,(H,19,20,21,22). The van der Waals surface area contributed by atoms with Gasteiger partial charge in [-0.25, -0.2) is 9.67 Å². The van der Waals surface area contributed by atoms with Gasteiger partial charge in [-0.1, -0.05) is 16.7 Å². The summed E-state index contributed by atoms with van der Waals surface area (Å²) in [6.07, 6.45) is -2.84. The van der Waals surface area contributed by atoms with Gasteiger partial charge in [0.25, 0.3) is 11.9 Å². The van der Waals surface area contributed by atoms with E-state index in [9.17, 15) is 18.0 Å². The zero-order valence-corrected chi connectivity index (χ0v) is 13.1. The molecule has 13 heteroatoms. The molecule has 130 valence electrons. The lowest BCUT2D eigenvalue weighted by Crippen LogP contribution is -2.29. The van der Waals surface area contributed by atoms with E-state index in [4.69, 9.17) is 11.6 Å². The van der Waals surface area contributed by atoms with Crippen LogP contribution in [0.1, 0.15) is 16.1 Å². The Labute approximate surface area is 142 Å². The van der Waals surface area contributed by atoms with Gasteiger partial charge < -0.3 is 0 Å². The highest BCUT2D eigenvalue weighted by atomic mass is 35.5. The van der Waals surface area contributed by atoms with Gasteiger partial charge in [0.05, 0.1) is 16.8 Å². The van der Waals surface area contributed by atoms with Crippen LogP contribution in [0.4, 0.5) is 19.1 Å². The number of tetrazole rings is 1. The number of carbonyl (C=O) groups excluding carboxylic acids is 1. The fourth-order valence-corrected chi connectivity index (χ4v) is 2.24. The molecule has 3 rings (SSSR count). The number of halogens is 4. The number of aromatic nitrogens is 7. The van der Waals surface area contributed by atoms with Crippen LogP contribution in [0, 0.1) is 0 Å². The summed E-state index contributed by atoms with van der Waals surface area (Å²) in [4.78, 5) is 17.0. The van der Waals surface area contributed by atoms with Crippen molar-refractivity contribution in [2.24, 2.45) is 0 Å². The van der Waals surface area contributed by atoms with Crippen molar-refractivity contribution in [3.63, 3.8) is 0 Å². The van der Waals surface area contributed by atoms with Crippen LogP contribution in [0.2, 0.25) is 5.02 Å². The number of amides is 1. The van der Waals surface area contributed by atoms with Crippen molar-refractivity contribution in [3.8, 4) is 5.82 Å². The van der Waals surface area contributed by atoms with E-state index in [1.807, 2.05) is 0 Å². The predicted molar refractivity (Wildman–Crippen MR) is 78.3 cm³/mol. The molecule has 1 N–H and O–H groups in total. The highest BCUT2D eigenvalue weighted by Crippen LogP contribution is 2.35. The van der Waals surface area contributed by atoms with Crippen LogP contribution in [-0.2, 0) is 6.18 Å². The van der Waals surface area contributed by atoms with Crippen molar-refractivity contribution in [1.82, 2.24) is 35.4 Å². The van der Waals surface area contributed by atoms with Crippen molar-refractivity contribution >= 4 is 23.5 Å². The minimum atomic E-state index is -4.89. The van der Waals surface area contributed by atoms with Crippen LogP contribution in [0.3, 0.4) is 0 Å². The van der Waals surface area contributed by atoms with E-state index in [1.165, 1.54) is 25.4 Å². The summed E-state index contributed by atoms with van der Waals surface area (Å²) in [5.41, 5.74) is -2.02. The molecule has 0 saturated heterocycles. The molecule has 0 bridgehead atoms. The number of alkyl halides is 3. The topological polar surface area (TPSA) is 105 Å². The maximum Gasteiger partial charge on any atom is 0.434 e. The second kappa shape index (κ2) is 6.12. The zero-order valence-electron chi connectivity index (χ0n) is 12.4. The average Bonchev–Trinajstić information content (AvgIpc) is 3.23. The summed E-state index contributed by atoms with van der Waals surface area (Å²) in [7, 11) is 1.21. The molecule has 0 fully saturated rings. The third-order valence-corrected chi connectivity index (χ3v) is 3.44. The van der Waals surface area contributed by atoms with E-state index in [0.717, 1.165) is 11.1 Å². The monoisotopic (exact) mass is 372 g/mol. The van der Waals surface area contributed by atoms with E-state index in [0.29, 0.717) is 4.68 Å². The van der Waals surface area contributed by atoms with Gasteiger partial charge in [-0.05, 0) is 17.3 Å². The van der Waals surface area contributed by atoms with Crippen molar-refractivity contribution < 1.29 is 18.0 Å². The summed E-state index contributed by atoms with van der Waals surface area (Å²) >= 11 is 5.90. The quantitative estimate of drug-likeness (QED) is 0.750. The molecule has 0 aromatic carbocycles. The van der Waals surface area contributed by atoms with Gasteiger partial charge in [-0.15, -0.1) is 5.10 Å². The number of pyridine rings is 1. The molecular formula is C12H8ClF3N8O. The van der Waals surface area contributed by atoms with E-state index >= 15 is 0 Å². The smallest absolute Gasteiger partial charge is 0.277 e. The van der Waals surface area contributed by atoms with E-state index in [1.54, 1.807) is 0 Å². The van der Waals surface area contributed by atoms with Crippen LogP contribution in [0.5, 0.6) is 0 Å². The van der Waals surface area contributed by atoms with Gasteiger partial charge in [0, 0.05) is 13.2 Å². The van der Waals surface area contributed by atoms with Gasteiger partial charge in [-0.3, -0.25) is 9.69 Å². The van der Waals surface area contributed by atoms with Gasteiger partial charge in [-0.2, -0.15) is 23.5 Å². The SMILES string of the molecule is CN(C(=O)c1cnn(-c2ncccc2Cl)c1C(F)(F)F)c1nn[nH]n1. The van der Waals surface area contributed by atoms with Gasteiger partial charge >= 0.3 is 6.18 Å². The second-order valence-corrected chi connectivity index (χ2v) is 5.11. The molecule has 0 saturated carbocycles. The molecular weight excluding hydrogens is 365 g/mol. The maximum absolute atomic E-state index is 13.6. The molecule has 3 heterocycles. The van der Waals surface area contributed by atoms with Crippen molar-refractivity contribution in [2.75, 3.05) is 11.9 Å². The first-order valence-corrected chi connectivity index (χ1v) is 6.96. The molecule has 1 amide bonds.